The van der Waals surface area contributed by atoms with E-state index in [0.29, 0.717) is 36.9 Å². The molecule has 4 rings (SSSR count). The molecule has 1 aliphatic heterocycles. The standard InChI is InChI=1S/C27H31N3O6S/c1-18(20-6-8-23(34-4)9-7-20)29-27(31)21-14-22(16-24(15-21)37(32,33)30(2)3)28-17-19-5-10-25-26(13-19)36-12-11-35-25/h5-10,13-16,18,28H,11-12,17H2,1-4H3,(H,29,31). The number of methoxy groups -OCH3 is 1. The molecule has 0 aliphatic carbocycles. The highest BCUT2D eigenvalue weighted by Crippen LogP contribution is 2.31. The third kappa shape index (κ3) is 6.15. The molecule has 0 spiro atoms. The van der Waals surface area contributed by atoms with E-state index in [9.17, 15) is 13.2 Å². The fourth-order valence-electron chi connectivity index (χ4n) is 3.85. The van der Waals surface area contributed by atoms with Crippen molar-refractivity contribution in [2.45, 2.75) is 24.4 Å². The Morgan fingerprint density at radius 1 is 1.00 bits per heavy atom. The summed E-state index contributed by atoms with van der Waals surface area (Å²) in [5, 5.41) is 6.19. The maximum absolute atomic E-state index is 13.2. The molecule has 0 bridgehead atoms. The van der Waals surface area contributed by atoms with Crippen LogP contribution in [0.1, 0.15) is 34.5 Å². The van der Waals surface area contributed by atoms with Crippen molar-refractivity contribution in [1.29, 1.82) is 0 Å². The second kappa shape index (κ2) is 11.1. The Kier molecular flexibility index (Phi) is 7.89. The van der Waals surface area contributed by atoms with E-state index in [1.165, 1.54) is 26.2 Å². The Bertz CT molecular complexity index is 1370. The fraction of sp³-hybridized carbons (Fsp3) is 0.296. The molecule has 9 nitrogen and oxygen atoms in total. The topological polar surface area (TPSA) is 106 Å². The Hall–Kier alpha value is -3.76. The van der Waals surface area contributed by atoms with Crippen molar-refractivity contribution in [3.05, 3.63) is 77.4 Å². The van der Waals surface area contributed by atoms with E-state index in [4.69, 9.17) is 14.2 Å². The van der Waals surface area contributed by atoms with E-state index in [1.807, 2.05) is 49.4 Å². The van der Waals surface area contributed by atoms with Crippen molar-refractivity contribution in [1.82, 2.24) is 9.62 Å². The summed E-state index contributed by atoms with van der Waals surface area (Å²) < 4.78 is 43.4. The van der Waals surface area contributed by atoms with E-state index in [-0.39, 0.29) is 22.4 Å². The van der Waals surface area contributed by atoms with Crippen molar-refractivity contribution < 1.29 is 27.4 Å². The molecule has 1 unspecified atom stereocenters. The molecule has 0 radical (unpaired) electrons. The van der Waals surface area contributed by atoms with Gasteiger partial charge in [0.05, 0.1) is 18.0 Å². The molecule has 37 heavy (non-hydrogen) atoms. The number of hydrogen-bond donors (Lipinski definition) is 2. The van der Waals surface area contributed by atoms with E-state index in [2.05, 4.69) is 10.6 Å². The molecular formula is C27H31N3O6S. The highest BCUT2D eigenvalue weighted by Gasteiger charge is 2.21. The van der Waals surface area contributed by atoms with Crippen LogP contribution in [-0.4, -0.2) is 53.0 Å². The zero-order valence-electron chi connectivity index (χ0n) is 21.3. The van der Waals surface area contributed by atoms with Crippen LogP contribution in [-0.2, 0) is 16.6 Å². The van der Waals surface area contributed by atoms with Crippen LogP contribution in [0, 0.1) is 0 Å². The number of fused-ring (bicyclic) bond motifs is 1. The molecule has 0 aromatic heterocycles. The fourth-order valence-corrected chi connectivity index (χ4v) is 4.82. The molecule has 1 heterocycles. The molecule has 0 fully saturated rings. The van der Waals surface area contributed by atoms with Gasteiger partial charge in [0.25, 0.3) is 5.91 Å². The number of rotatable bonds is 9. The lowest BCUT2D eigenvalue weighted by molar-refractivity contribution is 0.0939. The average Bonchev–Trinajstić information content (AvgIpc) is 2.91. The lowest BCUT2D eigenvalue weighted by atomic mass is 10.1. The molecule has 2 N–H and O–H groups in total. The molecule has 3 aromatic rings. The van der Waals surface area contributed by atoms with Crippen LogP contribution in [0.5, 0.6) is 17.2 Å². The van der Waals surface area contributed by atoms with Crippen LogP contribution in [0.15, 0.2) is 65.6 Å². The quantitative estimate of drug-likeness (QED) is 0.438. The van der Waals surface area contributed by atoms with Crippen LogP contribution >= 0.6 is 0 Å². The van der Waals surface area contributed by atoms with Crippen molar-refractivity contribution in [3.8, 4) is 17.2 Å². The largest absolute Gasteiger partial charge is 0.497 e. The van der Waals surface area contributed by atoms with Crippen LogP contribution in [0.3, 0.4) is 0 Å². The lowest BCUT2D eigenvalue weighted by Gasteiger charge is -2.19. The van der Waals surface area contributed by atoms with Crippen molar-refractivity contribution >= 4 is 21.6 Å². The first-order valence-corrected chi connectivity index (χ1v) is 13.3. The minimum Gasteiger partial charge on any atom is -0.497 e. The summed E-state index contributed by atoms with van der Waals surface area (Å²) >= 11 is 0. The van der Waals surface area contributed by atoms with Crippen LogP contribution in [0.25, 0.3) is 0 Å². The molecular weight excluding hydrogens is 494 g/mol. The Morgan fingerprint density at radius 3 is 2.38 bits per heavy atom. The van der Waals surface area contributed by atoms with Gasteiger partial charge < -0.3 is 24.8 Å². The van der Waals surface area contributed by atoms with Crippen molar-refractivity contribution in [3.63, 3.8) is 0 Å². The van der Waals surface area contributed by atoms with Gasteiger partial charge in [-0.2, -0.15) is 0 Å². The van der Waals surface area contributed by atoms with Gasteiger partial charge >= 0.3 is 0 Å². The monoisotopic (exact) mass is 525 g/mol. The highest BCUT2D eigenvalue weighted by atomic mass is 32.2. The molecule has 3 aromatic carbocycles. The van der Waals surface area contributed by atoms with E-state index >= 15 is 0 Å². The van der Waals surface area contributed by atoms with Gasteiger partial charge in [-0.1, -0.05) is 18.2 Å². The number of benzene rings is 3. The number of nitrogens with one attached hydrogen (secondary N) is 2. The molecule has 1 atom stereocenters. The summed E-state index contributed by atoms with van der Waals surface area (Å²) in [7, 11) is 0.725. The first kappa shape index (κ1) is 26.3. The van der Waals surface area contributed by atoms with E-state index in [1.54, 1.807) is 13.2 Å². The minimum atomic E-state index is -3.78. The second-order valence-electron chi connectivity index (χ2n) is 8.83. The predicted molar refractivity (Wildman–Crippen MR) is 141 cm³/mol. The summed E-state index contributed by atoms with van der Waals surface area (Å²) in [6.07, 6.45) is 0. The Morgan fingerprint density at radius 2 is 1.70 bits per heavy atom. The van der Waals surface area contributed by atoms with Gasteiger partial charge in [-0.3, -0.25) is 4.79 Å². The van der Waals surface area contributed by atoms with Gasteiger partial charge in [-0.25, -0.2) is 12.7 Å². The molecule has 0 saturated carbocycles. The number of sulfonamides is 1. The van der Waals surface area contributed by atoms with Crippen LogP contribution < -0.4 is 24.8 Å². The summed E-state index contributed by atoms with van der Waals surface area (Å²) in [5.41, 5.74) is 2.54. The van der Waals surface area contributed by atoms with Gasteiger partial charge in [-0.05, 0) is 60.5 Å². The first-order valence-electron chi connectivity index (χ1n) is 11.8. The number of anilines is 1. The highest BCUT2D eigenvalue weighted by molar-refractivity contribution is 7.89. The van der Waals surface area contributed by atoms with Crippen LogP contribution in [0.4, 0.5) is 5.69 Å². The lowest BCUT2D eigenvalue weighted by Crippen LogP contribution is -2.27. The third-order valence-corrected chi connectivity index (χ3v) is 7.81. The maximum Gasteiger partial charge on any atom is 0.251 e. The van der Waals surface area contributed by atoms with E-state index < -0.39 is 10.0 Å². The maximum atomic E-state index is 13.2. The van der Waals surface area contributed by atoms with Gasteiger partial charge in [0.2, 0.25) is 10.0 Å². The van der Waals surface area contributed by atoms with Crippen LogP contribution in [0.2, 0.25) is 0 Å². The molecule has 196 valence electrons. The Balaban J connectivity index is 1.57. The van der Waals surface area contributed by atoms with Crippen molar-refractivity contribution in [2.75, 3.05) is 39.7 Å². The van der Waals surface area contributed by atoms with Gasteiger partial charge in [0.15, 0.2) is 11.5 Å². The third-order valence-electron chi connectivity index (χ3n) is 6.01. The number of hydrogen-bond acceptors (Lipinski definition) is 7. The number of carbonyl (C=O) groups is 1. The number of carbonyl (C=O) groups excluding carboxylic acids is 1. The molecule has 1 amide bonds. The van der Waals surface area contributed by atoms with Gasteiger partial charge in [0, 0.05) is 31.9 Å². The smallest absolute Gasteiger partial charge is 0.251 e. The molecule has 0 saturated heterocycles. The summed E-state index contributed by atoms with van der Waals surface area (Å²) in [6, 6.07) is 17.3. The average molecular weight is 526 g/mol. The SMILES string of the molecule is COc1ccc(C(C)NC(=O)c2cc(NCc3ccc4c(c3)OCCO4)cc(S(=O)(=O)N(C)C)c2)cc1. The minimum absolute atomic E-state index is 0.0203. The summed E-state index contributed by atoms with van der Waals surface area (Å²) in [4.78, 5) is 13.2. The second-order valence-corrected chi connectivity index (χ2v) is 11.0. The first-order chi connectivity index (χ1) is 17.7. The molecule has 10 heteroatoms. The predicted octanol–water partition coefficient (Wildman–Crippen LogP) is 3.82. The van der Waals surface area contributed by atoms with Gasteiger partial charge in [-0.15, -0.1) is 0 Å². The normalized spacial score (nSPS) is 13.6. The van der Waals surface area contributed by atoms with Gasteiger partial charge in [0.1, 0.15) is 19.0 Å². The zero-order chi connectivity index (χ0) is 26.6. The van der Waals surface area contributed by atoms with E-state index in [0.717, 1.165) is 21.2 Å². The number of nitrogens with zero attached hydrogens (tertiary/aromatic N) is 1. The molecule has 1 aliphatic rings. The Labute approximate surface area is 217 Å². The number of ether oxygens (including phenoxy) is 3. The summed E-state index contributed by atoms with van der Waals surface area (Å²) in [6.45, 7) is 3.26. The number of amides is 1. The van der Waals surface area contributed by atoms with Crippen molar-refractivity contribution in [2.24, 2.45) is 0 Å². The zero-order valence-corrected chi connectivity index (χ0v) is 22.1. The summed E-state index contributed by atoms with van der Waals surface area (Å²) in [5.74, 6) is 1.69.